The van der Waals surface area contributed by atoms with Crippen LogP contribution in [-0.4, -0.2) is 30.3 Å². The van der Waals surface area contributed by atoms with Crippen molar-refractivity contribution in [1.29, 1.82) is 0 Å². The van der Waals surface area contributed by atoms with Crippen molar-refractivity contribution < 1.29 is 14.6 Å². The summed E-state index contributed by atoms with van der Waals surface area (Å²) >= 11 is 0. The van der Waals surface area contributed by atoms with E-state index >= 15 is 0 Å². The molecular weight excluding hydrogens is 230 g/mol. The van der Waals surface area contributed by atoms with E-state index in [4.69, 9.17) is 9.84 Å². The molecule has 1 atom stereocenters. The molecule has 4 heteroatoms. The van der Waals surface area contributed by atoms with E-state index in [1.54, 1.807) is 6.92 Å². The van der Waals surface area contributed by atoms with Crippen LogP contribution in [0.25, 0.3) is 0 Å². The van der Waals surface area contributed by atoms with Gasteiger partial charge in [-0.25, -0.2) is 0 Å². The number of anilines is 1. The van der Waals surface area contributed by atoms with Crippen molar-refractivity contribution in [2.75, 3.05) is 18.0 Å². The van der Waals surface area contributed by atoms with Gasteiger partial charge in [0.05, 0.1) is 6.42 Å². The van der Waals surface area contributed by atoms with E-state index in [0.29, 0.717) is 5.75 Å². The Kier molecular flexibility index (Phi) is 5.49. The van der Waals surface area contributed by atoms with Gasteiger partial charge in [-0.3, -0.25) is 4.79 Å². The number of benzene rings is 1. The summed E-state index contributed by atoms with van der Waals surface area (Å²) < 4.78 is 5.60. The normalized spacial score (nSPS) is 11.9. The van der Waals surface area contributed by atoms with E-state index in [-0.39, 0.29) is 12.5 Å². The molecule has 0 heterocycles. The topological polar surface area (TPSA) is 49.8 Å². The molecule has 0 amide bonds. The minimum Gasteiger partial charge on any atom is -0.490 e. The third-order valence-electron chi connectivity index (χ3n) is 2.75. The number of nitrogens with zero attached hydrogens (tertiary/aromatic N) is 1. The molecular formula is C14H21NO3. The summed E-state index contributed by atoms with van der Waals surface area (Å²) in [6, 6.07) is 7.76. The average Bonchev–Trinajstić information content (AvgIpc) is 2.29. The minimum absolute atomic E-state index is 0.00942. The zero-order valence-corrected chi connectivity index (χ0v) is 11.2. The van der Waals surface area contributed by atoms with Crippen molar-refractivity contribution in [2.24, 2.45) is 0 Å². The molecule has 0 aliphatic rings. The summed E-state index contributed by atoms with van der Waals surface area (Å²) in [4.78, 5) is 12.8. The summed E-state index contributed by atoms with van der Waals surface area (Å²) in [5, 5.41) is 8.69. The van der Waals surface area contributed by atoms with Crippen molar-refractivity contribution in [3.05, 3.63) is 24.3 Å². The Balaban J connectivity index is 2.72. The van der Waals surface area contributed by atoms with Gasteiger partial charge >= 0.3 is 5.97 Å². The molecule has 0 fully saturated rings. The van der Waals surface area contributed by atoms with Crippen LogP contribution in [0.2, 0.25) is 0 Å². The molecule has 0 aromatic heterocycles. The molecule has 1 aromatic rings. The fraction of sp³-hybridized carbons (Fsp3) is 0.500. The van der Waals surface area contributed by atoms with Crippen LogP contribution in [0.3, 0.4) is 0 Å². The Morgan fingerprint density at radius 2 is 2.06 bits per heavy atom. The largest absolute Gasteiger partial charge is 0.490 e. The highest BCUT2D eigenvalue weighted by Gasteiger charge is 2.10. The predicted molar refractivity (Wildman–Crippen MR) is 72.3 cm³/mol. The summed E-state index contributed by atoms with van der Waals surface area (Å²) in [6.45, 7) is 7.83. The molecule has 1 rings (SSSR count). The van der Waals surface area contributed by atoms with Crippen molar-refractivity contribution >= 4 is 11.7 Å². The average molecular weight is 251 g/mol. The number of ether oxygens (including phenoxy) is 1. The van der Waals surface area contributed by atoms with Crippen LogP contribution >= 0.6 is 0 Å². The van der Waals surface area contributed by atoms with Gasteiger partial charge in [0.15, 0.2) is 0 Å². The number of carbonyl (C=O) groups is 1. The Morgan fingerprint density at radius 3 is 2.61 bits per heavy atom. The molecule has 0 aliphatic carbocycles. The van der Waals surface area contributed by atoms with Crippen LogP contribution in [0.15, 0.2) is 24.3 Å². The van der Waals surface area contributed by atoms with Crippen molar-refractivity contribution in [3.8, 4) is 5.75 Å². The van der Waals surface area contributed by atoms with E-state index < -0.39 is 5.97 Å². The minimum atomic E-state index is -0.845. The second-order valence-electron chi connectivity index (χ2n) is 4.20. The third-order valence-corrected chi connectivity index (χ3v) is 2.75. The fourth-order valence-electron chi connectivity index (χ4n) is 1.86. The van der Waals surface area contributed by atoms with Gasteiger partial charge < -0.3 is 14.7 Å². The van der Waals surface area contributed by atoms with E-state index in [9.17, 15) is 4.79 Å². The lowest BCUT2D eigenvalue weighted by Crippen LogP contribution is -2.22. The standard InChI is InChI=1S/C14H21NO3/c1-4-15(5-2)12-7-6-8-13(10-12)18-11(3)9-14(16)17/h6-8,10-11H,4-5,9H2,1-3H3,(H,16,17). The number of hydrogen-bond donors (Lipinski definition) is 1. The summed E-state index contributed by atoms with van der Waals surface area (Å²) in [7, 11) is 0. The first-order chi connectivity index (χ1) is 8.56. The van der Waals surface area contributed by atoms with Gasteiger partial charge in [0.25, 0.3) is 0 Å². The monoisotopic (exact) mass is 251 g/mol. The molecule has 0 spiro atoms. The number of hydrogen-bond acceptors (Lipinski definition) is 3. The molecule has 100 valence electrons. The maximum absolute atomic E-state index is 10.6. The van der Waals surface area contributed by atoms with Crippen LogP contribution in [0.4, 0.5) is 5.69 Å². The zero-order valence-electron chi connectivity index (χ0n) is 11.2. The summed E-state index contributed by atoms with van der Waals surface area (Å²) in [5.74, 6) is -0.129. The number of rotatable bonds is 7. The van der Waals surface area contributed by atoms with Crippen LogP contribution in [0.1, 0.15) is 27.2 Å². The fourth-order valence-corrected chi connectivity index (χ4v) is 1.86. The van der Waals surface area contributed by atoms with Gasteiger partial charge in [-0.2, -0.15) is 0 Å². The maximum Gasteiger partial charge on any atom is 0.307 e. The van der Waals surface area contributed by atoms with E-state index in [2.05, 4.69) is 18.7 Å². The summed E-state index contributed by atoms with van der Waals surface area (Å²) in [6.07, 6.45) is -0.315. The van der Waals surface area contributed by atoms with E-state index in [1.165, 1.54) is 0 Å². The lowest BCUT2D eigenvalue weighted by molar-refractivity contribution is -0.138. The Morgan fingerprint density at radius 1 is 1.39 bits per heavy atom. The molecule has 1 unspecified atom stereocenters. The zero-order chi connectivity index (χ0) is 13.5. The quantitative estimate of drug-likeness (QED) is 0.809. The smallest absolute Gasteiger partial charge is 0.307 e. The Hall–Kier alpha value is -1.71. The van der Waals surface area contributed by atoms with Gasteiger partial charge in [-0.1, -0.05) is 6.07 Å². The molecule has 0 radical (unpaired) electrons. The molecule has 0 bridgehead atoms. The predicted octanol–water partition coefficient (Wildman–Crippen LogP) is 2.77. The Bertz CT molecular complexity index is 388. The van der Waals surface area contributed by atoms with E-state index in [1.807, 2.05) is 24.3 Å². The van der Waals surface area contributed by atoms with Crippen LogP contribution in [0, 0.1) is 0 Å². The SMILES string of the molecule is CCN(CC)c1cccc(OC(C)CC(=O)O)c1. The Labute approximate surface area is 108 Å². The summed E-state index contributed by atoms with van der Waals surface area (Å²) in [5.41, 5.74) is 1.10. The molecule has 1 aromatic carbocycles. The third kappa shape index (κ3) is 4.28. The number of carboxylic acid groups (broad SMARTS) is 1. The van der Waals surface area contributed by atoms with Crippen molar-refractivity contribution in [1.82, 2.24) is 0 Å². The van der Waals surface area contributed by atoms with Crippen molar-refractivity contribution in [2.45, 2.75) is 33.3 Å². The molecule has 18 heavy (non-hydrogen) atoms. The van der Waals surface area contributed by atoms with E-state index in [0.717, 1.165) is 18.8 Å². The van der Waals surface area contributed by atoms with Gasteiger partial charge in [0, 0.05) is 24.8 Å². The maximum atomic E-state index is 10.6. The lowest BCUT2D eigenvalue weighted by Gasteiger charge is -2.22. The highest BCUT2D eigenvalue weighted by atomic mass is 16.5. The molecule has 4 nitrogen and oxygen atoms in total. The van der Waals surface area contributed by atoms with Gasteiger partial charge in [-0.15, -0.1) is 0 Å². The lowest BCUT2D eigenvalue weighted by atomic mass is 10.2. The number of aliphatic carboxylic acids is 1. The van der Waals surface area contributed by atoms with Gasteiger partial charge in [0.1, 0.15) is 11.9 Å². The van der Waals surface area contributed by atoms with Crippen LogP contribution < -0.4 is 9.64 Å². The molecule has 0 saturated carbocycles. The molecule has 0 aliphatic heterocycles. The van der Waals surface area contributed by atoms with Crippen LogP contribution in [-0.2, 0) is 4.79 Å². The first kappa shape index (κ1) is 14.4. The van der Waals surface area contributed by atoms with Gasteiger partial charge in [0.2, 0.25) is 0 Å². The highest BCUT2D eigenvalue weighted by molar-refractivity contribution is 5.67. The highest BCUT2D eigenvalue weighted by Crippen LogP contribution is 2.22. The van der Waals surface area contributed by atoms with Gasteiger partial charge in [-0.05, 0) is 32.9 Å². The first-order valence-corrected chi connectivity index (χ1v) is 6.30. The second-order valence-corrected chi connectivity index (χ2v) is 4.20. The van der Waals surface area contributed by atoms with Crippen molar-refractivity contribution in [3.63, 3.8) is 0 Å². The molecule has 0 saturated heterocycles. The van der Waals surface area contributed by atoms with Crippen LogP contribution in [0.5, 0.6) is 5.75 Å². The molecule has 1 N–H and O–H groups in total. The second kappa shape index (κ2) is 6.89. The first-order valence-electron chi connectivity index (χ1n) is 6.30. The number of carboxylic acids is 1.